The van der Waals surface area contributed by atoms with Crippen LogP contribution < -0.4 is 4.74 Å². The van der Waals surface area contributed by atoms with Gasteiger partial charge in [0.2, 0.25) is 5.88 Å². The van der Waals surface area contributed by atoms with Crippen LogP contribution in [0.4, 0.5) is 4.79 Å². The lowest BCUT2D eigenvalue weighted by atomic mass is 9.73. The number of hydrogen-bond donors (Lipinski definition) is 0. The maximum absolute atomic E-state index is 12.3. The number of carbonyl (C=O) groups is 1. The molecule has 0 spiro atoms. The van der Waals surface area contributed by atoms with Gasteiger partial charge in [0, 0.05) is 51.5 Å². The molecule has 126 valence electrons. The van der Waals surface area contributed by atoms with Crippen molar-refractivity contribution in [3.05, 3.63) is 24.4 Å². The molecule has 2 amide bonds. The van der Waals surface area contributed by atoms with Gasteiger partial charge in [0.15, 0.2) is 0 Å². The average molecular weight is 319 g/mol. The van der Waals surface area contributed by atoms with Crippen LogP contribution in [0.5, 0.6) is 5.88 Å². The molecular weight excluding hydrogens is 294 g/mol. The van der Waals surface area contributed by atoms with E-state index in [4.69, 9.17) is 9.47 Å². The lowest BCUT2D eigenvalue weighted by molar-refractivity contribution is -0.133. The molecule has 23 heavy (non-hydrogen) atoms. The van der Waals surface area contributed by atoms with E-state index >= 15 is 0 Å². The first-order valence-electron chi connectivity index (χ1n) is 8.22. The largest absolute Gasteiger partial charge is 0.477 e. The van der Waals surface area contributed by atoms with E-state index in [1.165, 1.54) is 0 Å². The van der Waals surface area contributed by atoms with Crippen LogP contribution in [0.15, 0.2) is 24.4 Å². The zero-order valence-corrected chi connectivity index (χ0v) is 13.9. The molecule has 0 unspecified atom stereocenters. The number of ether oxygens (including phenoxy) is 2. The van der Waals surface area contributed by atoms with Gasteiger partial charge in [-0.2, -0.15) is 0 Å². The van der Waals surface area contributed by atoms with Gasteiger partial charge in [0.05, 0.1) is 12.7 Å². The maximum atomic E-state index is 12.3. The van der Waals surface area contributed by atoms with Crippen LogP contribution in [0.1, 0.15) is 19.3 Å². The van der Waals surface area contributed by atoms with E-state index in [1.807, 2.05) is 23.1 Å². The number of amides is 2. The first-order valence-corrected chi connectivity index (χ1v) is 8.22. The van der Waals surface area contributed by atoms with E-state index in [0.29, 0.717) is 19.0 Å². The summed E-state index contributed by atoms with van der Waals surface area (Å²) in [7, 11) is 3.59. The molecule has 2 saturated heterocycles. The summed E-state index contributed by atoms with van der Waals surface area (Å²) in [4.78, 5) is 20.1. The third-order valence-electron chi connectivity index (χ3n) is 4.79. The first-order chi connectivity index (χ1) is 11.1. The highest BCUT2D eigenvalue weighted by molar-refractivity contribution is 5.74. The number of piperidine rings is 1. The normalized spacial score (nSPS) is 27.2. The van der Waals surface area contributed by atoms with Gasteiger partial charge in [-0.25, -0.2) is 9.78 Å². The summed E-state index contributed by atoms with van der Waals surface area (Å²) >= 11 is 0. The third-order valence-corrected chi connectivity index (χ3v) is 4.79. The Kier molecular flexibility index (Phi) is 4.71. The number of urea groups is 1. The molecular formula is C17H25N3O3. The molecule has 0 radical (unpaired) electrons. The second-order valence-corrected chi connectivity index (χ2v) is 6.67. The Morgan fingerprint density at radius 3 is 3.13 bits per heavy atom. The van der Waals surface area contributed by atoms with E-state index < -0.39 is 0 Å². The lowest BCUT2D eigenvalue weighted by Gasteiger charge is -2.50. The number of likely N-dealkylation sites (tertiary alicyclic amines) is 1. The minimum atomic E-state index is -0.139. The smallest absolute Gasteiger partial charge is 0.319 e. The molecule has 3 heterocycles. The lowest BCUT2D eigenvalue weighted by Crippen LogP contribution is -2.59. The van der Waals surface area contributed by atoms with Gasteiger partial charge in [-0.1, -0.05) is 6.07 Å². The van der Waals surface area contributed by atoms with E-state index in [1.54, 1.807) is 25.2 Å². The molecule has 3 rings (SSSR count). The van der Waals surface area contributed by atoms with Crippen molar-refractivity contribution in [3.63, 3.8) is 0 Å². The molecule has 2 fully saturated rings. The minimum absolute atomic E-state index is 0.0613. The number of nitrogens with zero attached hydrogens (tertiary/aromatic N) is 3. The second-order valence-electron chi connectivity index (χ2n) is 6.67. The summed E-state index contributed by atoms with van der Waals surface area (Å²) in [6.45, 7) is 2.76. The van der Waals surface area contributed by atoms with E-state index in [2.05, 4.69) is 4.98 Å². The van der Waals surface area contributed by atoms with Crippen molar-refractivity contribution in [1.82, 2.24) is 14.8 Å². The molecule has 1 aromatic heterocycles. The highest BCUT2D eigenvalue weighted by Gasteiger charge is 2.48. The molecule has 2 aliphatic rings. The number of rotatable bonds is 3. The van der Waals surface area contributed by atoms with E-state index in [0.717, 1.165) is 32.4 Å². The van der Waals surface area contributed by atoms with Crippen LogP contribution in [0, 0.1) is 5.41 Å². The van der Waals surface area contributed by atoms with Gasteiger partial charge in [-0.05, 0) is 25.3 Å². The quantitative estimate of drug-likeness (QED) is 0.855. The third kappa shape index (κ3) is 3.42. The van der Waals surface area contributed by atoms with Gasteiger partial charge in [-0.15, -0.1) is 0 Å². The summed E-state index contributed by atoms with van der Waals surface area (Å²) in [6.07, 6.45) is 4.77. The first kappa shape index (κ1) is 16.1. The Hall–Kier alpha value is -1.82. The number of pyridine rings is 1. The van der Waals surface area contributed by atoms with Gasteiger partial charge < -0.3 is 19.3 Å². The fraction of sp³-hybridized carbons (Fsp3) is 0.647. The molecule has 0 N–H and O–H groups in total. The van der Waals surface area contributed by atoms with E-state index in [-0.39, 0.29) is 17.6 Å². The second kappa shape index (κ2) is 6.74. The molecule has 1 aromatic rings. The Balaban J connectivity index is 1.74. The van der Waals surface area contributed by atoms with Crippen molar-refractivity contribution < 1.29 is 14.3 Å². The fourth-order valence-corrected chi connectivity index (χ4v) is 3.60. The summed E-state index contributed by atoms with van der Waals surface area (Å²) in [5.41, 5.74) is -0.139. The number of carbonyl (C=O) groups excluding carboxylic acids is 1. The Bertz CT molecular complexity index is 537. The Morgan fingerprint density at radius 2 is 2.39 bits per heavy atom. The monoisotopic (exact) mass is 319 g/mol. The van der Waals surface area contributed by atoms with Gasteiger partial charge >= 0.3 is 6.03 Å². The van der Waals surface area contributed by atoms with Gasteiger partial charge in [0.1, 0.15) is 0 Å². The van der Waals surface area contributed by atoms with Crippen molar-refractivity contribution in [3.8, 4) is 5.88 Å². The predicted octanol–water partition coefficient (Wildman–Crippen LogP) is 2.01. The number of hydrogen-bond acceptors (Lipinski definition) is 4. The summed E-state index contributed by atoms with van der Waals surface area (Å²) in [5.74, 6) is 0.627. The molecule has 0 saturated carbocycles. The van der Waals surface area contributed by atoms with Crippen LogP contribution in [-0.4, -0.2) is 67.3 Å². The minimum Gasteiger partial charge on any atom is -0.477 e. The average Bonchev–Trinajstić information content (AvgIpc) is 2.59. The summed E-state index contributed by atoms with van der Waals surface area (Å²) in [6, 6.07) is 5.71. The summed E-state index contributed by atoms with van der Waals surface area (Å²) < 4.78 is 12.0. The topological polar surface area (TPSA) is 54.9 Å². The highest BCUT2D eigenvalue weighted by atomic mass is 16.5. The molecule has 6 nitrogen and oxygen atoms in total. The number of aromatic nitrogens is 1. The van der Waals surface area contributed by atoms with Crippen molar-refractivity contribution in [2.45, 2.75) is 25.4 Å². The fourth-order valence-electron chi connectivity index (χ4n) is 3.60. The Morgan fingerprint density at radius 1 is 1.52 bits per heavy atom. The van der Waals surface area contributed by atoms with Crippen molar-refractivity contribution in [1.29, 1.82) is 0 Å². The van der Waals surface area contributed by atoms with Crippen molar-refractivity contribution in [2.24, 2.45) is 5.41 Å². The Labute approximate surface area is 137 Å². The molecule has 6 heteroatoms. The zero-order valence-electron chi connectivity index (χ0n) is 13.9. The van der Waals surface area contributed by atoms with Crippen LogP contribution in [0.25, 0.3) is 0 Å². The standard InChI is InChI=1S/C17H25N3O3/c1-19(2)16(21)20-10-7-14-17(12-20,8-5-11-22-14)13-23-15-6-3-4-9-18-15/h3-4,6,9,14H,5,7-8,10-13H2,1-2H3/t14-,17+/m0/s1. The SMILES string of the molecule is CN(C)C(=O)N1CC[C@@H]2OCCC[C@]2(COc2ccccn2)C1. The van der Waals surface area contributed by atoms with Crippen LogP contribution in [-0.2, 0) is 4.74 Å². The van der Waals surface area contributed by atoms with Gasteiger partial charge in [-0.3, -0.25) is 0 Å². The predicted molar refractivity (Wildman–Crippen MR) is 86.4 cm³/mol. The zero-order chi connectivity index (χ0) is 16.3. The maximum Gasteiger partial charge on any atom is 0.319 e. The van der Waals surface area contributed by atoms with Crippen molar-refractivity contribution in [2.75, 3.05) is 40.4 Å². The van der Waals surface area contributed by atoms with Crippen LogP contribution in [0.2, 0.25) is 0 Å². The molecule has 0 bridgehead atoms. The molecule has 2 atom stereocenters. The molecule has 0 aliphatic carbocycles. The van der Waals surface area contributed by atoms with Gasteiger partial charge in [0.25, 0.3) is 0 Å². The van der Waals surface area contributed by atoms with Crippen LogP contribution in [0.3, 0.4) is 0 Å². The van der Waals surface area contributed by atoms with E-state index in [9.17, 15) is 4.79 Å². The van der Waals surface area contributed by atoms with Crippen molar-refractivity contribution >= 4 is 6.03 Å². The highest BCUT2D eigenvalue weighted by Crippen LogP contribution is 2.40. The summed E-state index contributed by atoms with van der Waals surface area (Å²) in [5, 5.41) is 0. The number of fused-ring (bicyclic) bond motifs is 1. The molecule has 2 aliphatic heterocycles. The van der Waals surface area contributed by atoms with Crippen LogP contribution >= 0.6 is 0 Å². The molecule has 0 aromatic carbocycles.